The number of hydrogen-bond donors (Lipinski definition) is 0. The molecule has 2 heteroatoms. The summed E-state index contributed by atoms with van der Waals surface area (Å²) in [6, 6.07) is 0. The van der Waals surface area contributed by atoms with Crippen LogP contribution in [0.4, 0.5) is 0 Å². The summed E-state index contributed by atoms with van der Waals surface area (Å²) < 4.78 is 0.205. The van der Waals surface area contributed by atoms with Crippen molar-refractivity contribution in [3.8, 4) is 0 Å². The summed E-state index contributed by atoms with van der Waals surface area (Å²) in [5.74, 6) is 0. The van der Waals surface area contributed by atoms with Gasteiger partial charge in [-0.3, -0.25) is 0 Å². The van der Waals surface area contributed by atoms with Crippen LogP contribution in [0, 0.1) is 6.08 Å². The predicted octanol–water partition coefficient (Wildman–Crippen LogP) is 3.24. The van der Waals surface area contributed by atoms with Gasteiger partial charge in [0.25, 0.3) is 0 Å². The highest BCUT2D eigenvalue weighted by Gasteiger charge is 1.79. The third-order valence-electron chi connectivity index (χ3n) is 0.715. The van der Waals surface area contributed by atoms with Gasteiger partial charge in [-0.05, 0) is 24.6 Å². The van der Waals surface area contributed by atoms with Gasteiger partial charge < -0.3 is 0 Å². The van der Waals surface area contributed by atoms with Crippen molar-refractivity contribution in [2.24, 2.45) is 0 Å². The fraction of sp³-hybridized carbons (Fsp3) is 0.143. The Morgan fingerprint density at radius 3 is 2.44 bits per heavy atom. The SMILES string of the molecule is C=C/C(C)=[C]/C=C(Cl)Cl. The molecule has 0 aliphatic carbocycles. The lowest BCUT2D eigenvalue weighted by atomic mass is 10.3. The first-order valence-electron chi connectivity index (χ1n) is 2.40. The number of rotatable bonds is 2. The Labute approximate surface area is 65.5 Å². The van der Waals surface area contributed by atoms with Crippen molar-refractivity contribution in [2.45, 2.75) is 6.92 Å². The lowest BCUT2D eigenvalue weighted by Gasteiger charge is -1.82. The van der Waals surface area contributed by atoms with Crippen molar-refractivity contribution in [3.63, 3.8) is 0 Å². The normalized spacial score (nSPS) is 10.8. The summed E-state index contributed by atoms with van der Waals surface area (Å²) in [4.78, 5) is 0. The molecule has 0 bridgehead atoms. The highest BCUT2D eigenvalue weighted by atomic mass is 35.5. The van der Waals surface area contributed by atoms with Crippen LogP contribution >= 0.6 is 23.2 Å². The van der Waals surface area contributed by atoms with Crippen molar-refractivity contribution in [3.05, 3.63) is 34.9 Å². The Morgan fingerprint density at radius 2 is 2.11 bits per heavy atom. The van der Waals surface area contributed by atoms with E-state index in [1.165, 1.54) is 6.08 Å². The summed E-state index contributed by atoms with van der Waals surface area (Å²) >= 11 is 10.6. The standard InChI is InChI=1S/C7H7Cl2/c1-3-6(2)4-5-7(8)9/h3,5H,1H2,2H3. The van der Waals surface area contributed by atoms with Crippen molar-refractivity contribution >= 4 is 23.2 Å². The Morgan fingerprint density at radius 1 is 1.56 bits per heavy atom. The van der Waals surface area contributed by atoms with E-state index in [1.54, 1.807) is 6.08 Å². The molecule has 0 aliphatic heterocycles. The fourth-order valence-electron chi connectivity index (χ4n) is 0.227. The highest BCUT2D eigenvalue weighted by molar-refractivity contribution is 6.55. The largest absolute Gasteiger partial charge is 0.107 e. The topological polar surface area (TPSA) is 0 Å². The van der Waals surface area contributed by atoms with Gasteiger partial charge in [0.2, 0.25) is 0 Å². The number of allylic oxidation sites excluding steroid dienone is 4. The van der Waals surface area contributed by atoms with Crippen LogP contribution in [0.3, 0.4) is 0 Å². The van der Waals surface area contributed by atoms with Crippen LogP contribution in [0.5, 0.6) is 0 Å². The molecule has 0 aromatic heterocycles. The van der Waals surface area contributed by atoms with Crippen LogP contribution in [-0.4, -0.2) is 0 Å². The second kappa shape index (κ2) is 4.66. The van der Waals surface area contributed by atoms with Crippen LogP contribution in [0.25, 0.3) is 0 Å². The predicted molar refractivity (Wildman–Crippen MR) is 42.4 cm³/mol. The molecule has 0 unspecified atom stereocenters. The number of hydrogen-bond acceptors (Lipinski definition) is 0. The maximum Gasteiger partial charge on any atom is 0.107 e. The Kier molecular flexibility index (Phi) is 4.55. The molecule has 9 heavy (non-hydrogen) atoms. The van der Waals surface area contributed by atoms with Gasteiger partial charge in [-0.1, -0.05) is 35.9 Å². The van der Waals surface area contributed by atoms with Gasteiger partial charge in [0.1, 0.15) is 4.49 Å². The number of halogens is 2. The van der Waals surface area contributed by atoms with Gasteiger partial charge in [0, 0.05) is 0 Å². The van der Waals surface area contributed by atoms with Crippen LogP contribution < -0.4 is 0 Å². The minimum absolute atomic E-state index is 0.205. The zero-order valence-electron chi connectivity index (χ0n) is 5.12. The molecular formula is C7H7Cl2. The molecule has 0 N–H and O–H groups in total. The molecule has 0 heterocycles. The van der Waals surface area contributed by atoms with Crippen molar-refractivity contribution in [1.82, 2.24) is 0 Å². The molecule has 49 valence electrons. The monoisotopic (exact) mass is 161 g/mol. The quantitative estimate of drug-likeness (QED) is 0.546. The van der Waals surface area contributed by atoms with E-state index < -0.39 is 0 Å². The molecule has 1 radical (unpaired) electrons. The van der Waals surface area contributed by atoms with Crippen LogP contribution in [0.15, 0.2) is 28.8 Å². The molecule has 0 atom stereocenters. The van der Waals surface area contributed by atoms with E-state index in [-0.39, 0.29) is 4.49 Å². The molecule has 0 rings (SSSR count). The van der Waals surface area contributed by atoms with Gasteiger partial charge in [-0.2, -0.15) is 0 Å². The van der Waals surface area contributed by atoms with Gasteiger partial charge in [-0.25, -0.2) is 0 Å². The van der Waals surface area contributed by atoms with E-state index in [1.807, 2.05) is 6.92 Å². The first-order chi connectivity index (χ1) is 4.16. The molecule has 0 aromatic carbocycles. The molecular weight excluding hydrogens is 155 g/mol. The third kappa shape index (κ3) is 5.67. The van der Waals surface area contributed by atoms with Gasteiger partial charge in [0.05, 0.1) is 0 Å². The maximum absolute atomic E-state index is 5.30. The van der Waals surface area contributed by atoms with Crippen molar-refractivity contribution < 1.29 is 0 Å². The molecule has 0 saturated heterocycles. The zero-order valence-corrected chi connectivity index (χ0v) is 6.63. The highest BCUT2D eigenvalue weighted by Crippen LogP contribution is 2.06. The van der Waals surface area contributed by atoms with Gasteiger partial charge in [0.15, 0.2) is 0 Å². The second-order valence-electron chi connectivity index (χ2n) is 1.47. The summed E-state index contributed by atoms with van der Waals surface area (Å²) in [6.45, 7) is 5.38. The molecule has 0 aliphatic rings. The van der Waals surface area contributed by atoms with Crippen LogP contribution in [0.1, 0.15) is 6.92 Å². The zero-order chi connectivity index (χ0) is 7.28. The van der Waals surface area contributed by atoms with E-state index >= 15 is 0 Å². The second-order valence-corrected chi connectivity index (χ2v) is 2.47. The van der Waals surface area contributed by atoms with Gasteiger partial charge >= 0.3 is 0 Å². The van der Waals surface area contributed by atoms with E-state index in [9.17, 15) is 0 Å². The van der Waals surface area contributed by atoms with Crippen LogP contribution in [-0.2, 0) is 0 Å². The Hall–Kier alpha value is -0.200. The average molecular weight is 162 g/mol. The fourth-order valence-corrected chi connectivity index (χ4v) is 0.336. The van der Waals surface area contributed by atoms with E-state index in [4.69, 9.17) is 23.2 Å². The van der Waals surface area contributed by atoms with Crippen LogP contribution in [0.2, 0.25) is 0 Å². The van der Waals surface area contributed by atoms with Crippen molar-refractivity contribution in [1.29, 1.82) is 0 Å². The maximum atomic E-state index is 5.30. The molecule has 0 saturated carbocycles. The minimum Gasteiger partial charge on any atom is -0.0988 e. The molecule has 0 fully saturated rings. The summed E-state index contributed by atoms with van der Waals surface area (Å²) in [5.41, 5.74) is 0.911. The van der Waals surface area contributed by atoms with Crippen molar-refractivity contribution in [2.75, 3.05) is 0 Å². The first-order valence-corrected chi connectivity index (χ1v) is 3.16. The van der Waals surface area contributed by atoms with E-state index in [2.05, 4.69) is 12.7 Å². The smallest absolute Gasteiger partial charge is 0.0988 e. The molecule has 0 aromatic rings. The minimum atomic E-state index is 0.205. The Balaban J connectivity index is 3.98. The summed E-state index contributed by atoms with van der Waals surface area (Å²) in [7, 11) is 0. The average Bonchev–Trinajstić information content (AvgIpc) is 1.83. The lowest BCUT2D eigenvalue weighted by molar-refractivity contribution is 1.51. The summed E-state index contributed by atoms with van der Waals surface area (Å²) in [5, 5.41) is 0. The van der Waals surface area contributed by atoms with E-state index in [0.29, 0.717) is 0 Å². The van der Waals surface area contributed by atoms with Gasteiger partial charge in [-0.15, -0.1) is 0 Å². The first kappa shape index (κ1) is 8.80. The molecule has 0 spiro atoms. The Bertz CT molecular complexity index is 150. The molecule has 0 amide bonds. The third-order valence-corrected chi connectivity index (χ3v) is 0.933. The molecule has 0 nitrogen and oxygen atoms in total. The summed E-state index contributed by atoms with van der Waals surface area (Å²) in [6.07, 6.45) is 5.96. The van der Waals surface area contributed by atoms with E-state index in [0.717, 1.165) is 5.57 Å². The lowest BCUT2D eigenvalue weighted by Crippen LogP contribution is -1.63.